The van der Waals surface area contributed by atoms with E-state index in [1.807, 2.05) is 18.2 Å². The van der Waals surface area contributed by atoms with E-state index >= 15 is 0 Å². The van der Waals surface area contributed by atoms with Gasteiger partial charge in [-0.25, -0.2) is 8.60 Å². The summed E-state index contributed by atoms with van der Waals surface area (Å²) in [6.45, 7) is 5.14. The lowest BCUT2D eigenvalue weighted by Gasteiger charge is -2.35. The number of nitrogens with zero attached hydrogens (tertiary/aromatic N) is 1. The largest absolute Gasteiger partial charge is 0.747 e. The van der Waals surface area contributed by atoms with Gasteiger partial charge in [0.05, 0.1) is 7.11 Å². The monoisotopic (exact) mass is 436 g/mol. The molecule has 8 heteroatoms. The van der Waals surface area contributed by atoms with Crippen LogP contribution in [0.15, 0.2) is 42.5 Å². The highest BCUT2D eigenvalue weighted by atomic mass is 32.2. The molecular weight excluding hydrogens is 409 g/mol. The molecule has 1 heterocycles. The first kappa shape index (κ1) is 22.7. The number of hydrogen-bond donors (Lipinski definition) is 0. The Hall–Kier alpha value is -2.00. The zero-order valence-electron chi connectivity index (χ0n) is 17.2. The number of halogens is 1. The highest BCUT2D eigenvalue weighted by molar-refractivity contribution is 7.73. The van der Waals surface area contributed by atoms with E-state index in [1.54, 1.807) is 12.1 Å². The van der Waals surface area contributed by atoms with E-state index in [-0.39, 0.29) is 17.5 Å². The zero-order valence-corrected chi connectivity index (χ0v) is 18.0. The summed E-state index contributed by atoms with van der Waals surface area (Å²) in [5.41, 5.74) is 2.12. The van der Waals surface area contributed by atoms with Crippen LogP contribution in [0.2, 0.25) is 0 Å². The average molecular weight is 437 g/mol. The molecule has 0 radical (unpaired) electrons. The van der Waals surface area contributed by atoms with Crippen molar-refractivity contribution < 1.29 is 27.1 Å². The summed E-state index contributed by atoms with van der Waals surface area (Å²) in [5.74, 6) is 1.23. The van der Waals surface area contributed by atoms with E-state index < -0.39 is 11.4 Å². The quantitative estimate of drug-likeness (QED) is 0.336. The highest BCUT2D eigenvalue weighted by Crippen LogP contribution is 2.41. The van der Waals surface area contributed by atoms with Gasteiger partial charge in [-0.2, -0.15) is 0 Å². The normalized spacial score (nSPS) is 17.5. The first-order valence-corrected chi connectivity index (χ1v) is 11.1. The topological polar surface area (TPSA) is 71.1 Å². The number of benzene rings is 2. The minimum absolute atomic E-state index is 0.203. The van der Waals surface area contributed by atoms with Crippen LogP contribution in [-0.4, -0.2) is 40.4 Å². The third-order valence-corrected chi connectivity index (χ3v) is 6.03. The summed E-state index contributed by atoms with van der Waals surface area (Å²) >= 11 is -2.77. The number of piperidine rings is 1. The molecule has 0 aliphatic carbocycles. The molecule has 0 amide bonds. The molecule has 1 fully saturated rings. The fourth-order valence-corrected chi connectivity index (χ4v) is 4.24. The fourth-order valence-electron chi connectivity index (χ4n) is 4.11. The molecule has 3 rings (SSSR count). The molecule has 1 aliphatic rings. The van der Waals surface area contributed by atoms with Gasteiger partial charge in [0.2, 0.25) is 5.75 Å². The lowest BCUT2D eigenvalue weighted by Crippen LogP contribution is -2.36. The van der Waals surface area contributed by atoms with Crippen molar-refractivity contribution in [2.75, 3.05) is 26.7 Å². The van der Waals surface area contributed by atoms with Crippen LogP contribution >= 0.6 is 0 Å². The second-order valence-electron chi connectivity index (χ2n) is 7.58. The van der Waals surface area contributed by atoms with Gasteiger partial charge in [-0.3, -0.25) is 0 Å². The average Bonchev–Trinajstić information content (AvgIpc) is 2.76. The number of rotatable bonds is 9. The van der Waals surface area contributed by atoms with E-state index in [9.17, 15) is 13.2 Å². The van der Waals surface area contributed by atoms with E-state index in [0.29, 0.717) is 11.7 Å². The third-order valence-electron chi connectivity index (χ3n) is 5.85. The first-order chi connectivity index (χ1) is 14.5. The first-order valence-electron chi connectivity index (χ1n) is 10.1. The van der Waals surface area contributed by atoms with Crippen LogP contribution in [0.5, 0.6) is 11.5 Å². The standard InChI is InChI=1S/C22H28FNO5S/c1-16(20-4-3-5-21(22(20)27-2)28-29-30(25)26)18-11-14-24(15-12-18)13-10-17-6-8-19(23)9-7-17/h3-9,16,18H,10-15H2,1-2H3,(H,25,26)/p-1. The summed E-state index contributed by atoms with van der Waals surface area (Å²) < 4.78 is 44.0. The lowest BCUT2D eigenvalue weighted by atomic mass is 9.81. The molecular formula is C22H27FNO5S-. The van der Waals surface area contributed by atoms with Gasteiger partial charge in [0, 0.05) is 12.1 Å². The Morgan fingerprint density at radius 1 is 1.20 bits per heavy atom. The third kappa shape index (κ3) is 6.01. The molecule has 1 aliphatic heterocycles. The number of methoxy groups -OCH3 is 1. The van der Waals surface area contributed by atoms with Gasteiger partial charge in [0.1, 0.15) is 17.2 Å². The number of ether oxygens (including phenoxy) is 1. The van der Waals surface area contributed by atoms with Crippen LogP contribution in [0, 0.1) is 11.7 Å². The van der Waals surface area contributed by atoms with Crippen molar-refractivity contribution in [3.05, 3.63) is 59.4 Å². The van der Waals surface area contributed by atoms with E-state index in [4.69, 9.17) is 9.62 Å². The van der Waals surface area contributed by atoms with Gasteiger partial charge in [-0.05, 0) is 68.0 Å². The zero-order chi connectivity index (χ0) is 21.5. The molecule has 164 valence electrons. The van der Waals surface area contributed by atoms with E-state index in [2.05, 4.69) is 16.2 Å². The van der Waals surface area contributed by atoms with Gasteiger partial charge >= 0.3 is 0 Å². The Morgan fingerprint density at radius 2 is 1.90 bits per heavy atom. The van der Waals surface area contributed by atoms with Crippen molar-refractivity contribution in [1.82, 2.24) is 4.90 Å². The van der Waals surface area contributed by atoms with Crippen LogP contribution in [0.1, 0.15) is 36.8 Å². The second-order valence-corrected chi connectivity index (χ2v) is 8.12. The molecule has 0 bridgehead atoms. The molecule has 0 aromatic heterocycles. The van der Waals surface area contributed by atoms with Gasteiger partial charge in [-0.1, -0.05) is 35.5 Å². The van der Waals surface area contributed by atoms with Crippen molar-refractivity contribution in [3.8, 4) is 11.5 Å². The van der Waals surface area contributed by atoms with Crippen LogP contribution < -0.4 is 9.62 Å². The van der Waals surface area contributed by atoms with Gasteiger partial charge in [-0.15, -0.1) is 0 Å². The Balaban J connectivity index is 1.56. The van der Waals surface area contributed by atoms with Crippen molar-refractivity contribution >= 4 is 11.4 Å². The predicted molar refractivity (Wildman–Crippen MR) is 111 cm³/mol. The Morgan fingerprint density at radius 3 is 2.53 bits per heavy atom. The maximum Gasteiger partial charge on any atom is 0.208 e. The van der Waals surface area contributed by atoms with Crippen LogP contribution in [0.4, 0.5) is 4.39 Å². The maximum absolute atomic E-state index is 13.0. The number of hydrogen-bond acceptors (Lipinski definition) is 6. The van der Waals surface area contributed by atoms with Crippen molar-refractivity contribution in [1.29, 1.82) is 0 Å². The highest BCUT2D eigenvalue weighted by Gasteiger charge is 2.27. The number of para-hydroxylation sites is 1. The van der Waals surface area contributed by atoms with Crippen LogP contribution in [0.25, 0.3) is 0 Å². The van der Waals surface area contributed by atoms with E-state index in [1.165, 1.54) is 19.2 Å². The molecule has 2 atom stereocenters. The Labute approximate surface area is 179 Å². The molecule has 6 nitrogen and oxygen atoms in total. The maximum atomic E-state index is 13.0. The summed E-state index contributed by atoms with van der Waals surface area (Å²) in [6, 6.07) is 12.1. The summed E-state index contributed by atoms with van der Waals surface area (Å²) in [7, 11) is 1.53. The molecule has 0 saturated carbocycles. The molecule has 0 spiro atoms. The summed E-state index contributed by atoms with van der Waals surface area (Å²) in [4.78, 5) is 7.34. The molecule has 30 heavy (non-hydrogen) atoms. The molecule has 2 aromatic rings. The minimum Gasteiger partial charge on any atom is -0.747 e. The van der Waals surface area contributed by atoms with Crippen molar-refractivity contribution in [3.63, 3.8) is 0 Å². The summed E-state index contributed by atoms with van der Waals surface area (Å²) in [6.07, 6.45) is 3.02. The van der Waals surface area contributed by atoms with E-state index in [0.717, 1.165) is 50.0 Å². The molecule has 2 aromatic carbocycles. The fraction of sp³-hybridized carbons (Fsp3) is 0.455. The predicted octanol–water partition coefficient (Wildman–Crippen LogP) is 4.00. The van der Waals surface area contributed by atoms with Crippen LogP contribution in [0.3, 0.4) is 0 Å². The van der Waals surface area contributed by atoms with Gasteiger partial charge < -0.3 is 19.1 Å². The Bertz CT molecular complexity index is 840. The molecule has 0 N–H and O–H groups in total. The lowest BCUT2D eigenvalue weighted by molar-refractivity contribution is -0.0964. The minimum atomic E-state index is -2.77. The van der Waals surface area contributed by atoms with Crippen molar-refractivity contribution in [2.24, 2.45) is 5.92 Å². The van der Waals surface area contributed by atoms with Gasteiger partial charge in [0.15, 0.2) is 5.75 Å². The molecule has 1 saturated heterocycles. The number of likely N-dealkylation sites (tertiary alicyclic amines) is 1. The SMILES string of the molecule is COc1c(OOS(=O)[O-])cccc1C(C)C1CCN(CCc2ccc(F)cc2)CC1. The van der Waals surface area contributed by atoms with Crippen LogP contribution in [-0.2, 0) is 22.1 Å². The Kier molecular flexibility index (Phi) is 8.21. The van der Waals surface area contributed by atoms with Gasteiger partial charge in [0.25, 0.3) is 0 Å². The van der Waals surface area contributed by atoms with Crippen molar-refractivity contribution in [2.45, 2.75) is 32.1 Å². The second kappa shape index (κ2) is 10.9. The smallest absolute Gasteiger partial charge is 0.208 e. The molecule has 2 unspecified atom stereocenters. The summed E-state index contributed by atoms with van der Waals surface area (Å²) in [5, 5.41) is 0.